The van der Waals surface area contributed by atoms with E-state index in [1.807, 2.05) is 18.2 Å². The number of carbonyl (C=O) groups excluding carboxylic acids is 1. The Kier molecular flexibility index (Phi) is 9.94. The molecule has 5 rings (SSSR count). The van der Waals surface area contributed by atoms with Gasteiger partial charge in [-0.05, 0) is 88.9 Å². The topological polar surface area (TPSA) is 121 Å². The zero-order chi connectivity index (χ0) is 33.0. The predicted octanol–water partition coefficient (Wildman–Crippen LogP) is 5.04. The zero-order valence-corrected chi connectivity index (χ0v) is 28.2. The molecule has 1 aliphatic heterocycles. The van der Waals surface area contributed by atoms with Crippen LogP contribution in [0.1, 0.15) is 42.1 Å². The van der Waals surface area contributed by atoms with Crippen molar-refractivity contribution >= 4 is 39.3 Å². The largest absolute Gasteiger partial charge is 0.493 e. The summed E-state index contributed by atoms with van der Waals surface area (Å²) in [6.07, 6.45) is 1.75. The molecule has 0 saturated carbocycles. The molecule has 236 valence electrons. The third kappa shape index (κ3) is 6.42. The second-order valence-electron chi connectivity index (χ2n) is 10.0. The Hall–Kier alpha value is -4.86. The lowest BCUT2D eigenvalue weighted by Gasteiger charge is -2.25. The molecule has 10 nitrogen and oxygen atoms in total. The summed E-state index contributed by atoms with van der Waals surface area (Å²) in [6, 6.07) is 17.3. The molecule has 1 aromatic heterocycles. The fourth-order valence-electron chi connectivity index (χ4n) is 5.08. The van der Waals surface area contributed by atoms with Gasteiger partial charge in [0.25, 0.3) is 5.56 Å². The Bertz CT molecular complexity index is 2060. The summed E-state index contributed by atoms with van der Waals surface area (Å²) in [7, 11) is 4.60. The fraction of sp³-hybridized carbons (Fsp3) is 0.235. The Morgan fingerprint density at radius 2 is 1.76 bits per heavy atom. The summed E-state index contributed by atoms with van der Waals surface area (Å²) >= 11 is 4.80. The maximum Gasteiger partial charge on any atom is 0.338 e. The Balaban J connectivity index is 1.58. The second-order valence-corrected chi connectivity index (χ2v) is 11.9. The van der Waals surface area contributed by atoms with Crippen molar-refractivity contribution in [3.63, 3.8) is 0 Å². The monoisotopic (exact) mass is 703 g/mol. The summed E-state index contributed by atoms with van der Waals surface area (Å²) in [5.41, 5.74) is 3.17. The molecule has 3 aromatic carbocycles. The number of halogens is 1. The average Bonchev–Trinajstić information content (AvgIpc) is 3.36. The van der Waals surface area contributed by atoms with E-state index < -0.39 is 12.0 Å². The lowest BCUT2D eigenvalue weighted by atomic mass is 9.95. The molecule has 0 aliphatic carbocycles. The second kappa shape index (κ2) is 14.1. The van der Waals surface area contributed by atoms with Crippen LogP contribution in [0.5, 0.6) is 23.0 Å². The van der Waals surface area contributed by atoms with Gasteiger partial charge in [-0.1, -0.05) is 29.5 Å². The highest BCUT2D eigenvalue weighted by atomic mass is 79.9. The van der Waals surface area contributed by atoms with Gasteiger partial charge in [0.05, 0.1) is 65.9 Å². The van der Waals surface area contributed by atoms with Crippen molar-refractivity contribution in [2.24, 2.45) is 4.99 Å². The number of aromatic nitrogens is 1. The van der Waals surface area contributed by atoms with Crippen LogP contribution in [0.2, 0.25) is 0 Å². The summed E-state index contributed by atoms with van der Waals surface area (Å²) in [5, 5.41) is 9.04. The molecular weight excluding hydrogens is 674 g/mol. The highest BCUT2D eigenvalue weighted by Gasteiger charge is 2.34. The number of thiazole rings is 1. The predicted molar refractivity (Wildman–Crippen MR) is 176 cm³/mol. The Labute approximate surface area is 277 Å². The summed E-state index contributed by atoms with van der Waals surface area (Å²) in [5.74, 6) is 1.38. The van der Waals surface area contributed by atoms with Gasteiger partial charge < -0.3 is 23.7 Å². The van der Waals surface area contributed by atoms with Gasteiger partial charge in [0.15, 0.2) is 27.8 Å². The van der Waals surface area contributed by atoms with Crippen LogP contribution in [-0.2, 0) is 16.1 Å². The van der Waals surface area contributed by atoms with Crippen molar-refractivity contribution in [2.75, 3.05) is 27.9 Å². The molecule has 2 heterocycles. The normalized spacial score (nSPS) is 14.2. The van der Waals surface area contributed by atoms with Gasteiger partial charge in [0, 0.05) is 0 Å². The number of nitrogens with zero attached hydrogens (tertiary/aromatic N) is 3. The van der Waals surface area contributed by atoms with Crippen LogP contribution in [0.15, 0.2) is 80.1 Å². The van der Waals surface area contributed by atoms with E-state index in [9.17, 15) is 9.59 Å². The van der Waals surface area contributed by atoms with Crippen LogP contribution in [0.25, 0.3) is 6.08 Å². The number of ether oxygens (including phenoxy) is 5. The molecule has 46 heavy (non-hydrogen) atoms. The van der Waals surface area contributed by atoms with Crippen molar-refractivity contribution in [1.82, 2.24) is 4.57 Å². The van der Waals surface area contributed by atoms with E-state index in [2.05, 4.69) is 27.0 Å². The minimum Gasteiger partial charge on any atom is -0.493 e. The van der Waals surface area contributed by atoms with Gasteiger partial charge in [-0.25, -0.2) is 9.79 Å². The van der Waals surface area contributed by atoms with Crippen LogP contribution in [-0.4, -0.2) is 38.5 Å². The minimum atomic E-state index is -0.809. The average molecular weight is 705 g/mol. The van der Waals surface area contributed by atoms with E-state index >= 15 is 0 Å². The summed E-state index contributed by atoms with van der Waals surface area (Å²) < 4.78 is 30.6. The molecule has 0 bridgehead atoms. The SMILES string of the molecule is CCOC(=O)C1=C(C)N=c2s/c(=C/c3cc(Br)c(OCc4ccc(C#N)cc4)c(OC)c3)c(=O)n2[C@H]1c1ccc(OC)c(OC)c1. The van der Waals surface area contributed by atoms with E-state index in [0.717, 1.165) is 5.56 Å². The number of hydrogen-bond acceptors (Lipinski definition) is 10. The first-order chi connectivity index (χ1) is 22.2. The molecule has 1 aliphatic rings. The smallest absolute Gasteiger partial charge is 0.338 e. The van der Waals surface area contributed by atoms with Crippen LogP contribution in [0.3, 0.4) is 0 Å². The molecule has 4 aromatic rings. The molecule has 0 amide bonds. The van der Waals surface area contributed by atoms with Gasteiger partial charge in [-0.2, -0.15) is 5.26 Å². The molecule has 0 spiro atoms. The van der Waals surface area contributed by atoms with Gasteiger partial charge in [-0.3, -0.25) is 9.36 Å². The van der Waals surface area contributed by atoms with Crippen molar-refractivity contribution in [1.29, 1.82) is 5.26 Å². The molecule has 0 N–H and O–H groups in total. The number of fused-ring (bicyclic) bond motifs is 1. The third-order valence-electron chi connectivity index (χ3n) is 7.26. The number of allylic oxidation sites excluding steroid dienone is 1. The van der Waals surface area contributed by atoms with E-state index in [-0.39, 0.29) is 24.3 Å². The van der Waals surface area contributed by atoms with Crippen molar-refractivity contribution in [3.05, 3.63) is 112 Å². The van der Waals surface area contributed by atoms with Crippen LogP contribution >= 0.6 is 27.3 Å². The molecule has 0 fully saturated rings. The standard InChI is InChI=1S/C34H30BrN3O7S/c1-6-44-33(40)29-19(2)37-34-38(30(29)23-11-12-25(41-3)26(16-23)42-4)32(39)28(46-34)15-22-13-24(35)31(27(14-22)43-5)45-18-21-9-7-20(17-36)8-10-21/h7-16,30H,6,18H2,1-5H3/b28-15+/t30-/m0/s1. The van der Waals surface area contributed by atoms with Gasteiger partial charge in [0.1, 0.15) is 6.61 Å². The highest BCUT2D eigenvalue weighted by Crippen LogP contribution is 2.38. The first-order valence-corrected chi connectivity index (χ1v) is 15.7. The van der Waals surface area contributed by atoms with E-state index in [0.29, 0.717) is 59.2 Å². The molecule has 1 atom stereocenters. The van der Waals surface area contributed by atoms with Crippen molar-refractivity contribution in [3.8, 4) is 29.1 Å². The van der Waals surface area contributed by atoms with Gasteiger partial charge >= 0.3 is 5.97 Å². The van der Waals surface area contributed by atoms with Crippen molar-refractivity contribution < 1.29 is 28.5 Å². The van der Waals surface area contributed by atoms with Crippen molar-refractivity contribution in [2.45, 2.75) is 26.5 Å². The number of rotatable bonds is 10. The number of methoxy groups -OCH3 is 3. The first kappa shape index (κ1) is 32.5. The number of esters is 1. The number of nitriles is 1. The Morgan fingerprint density at radius 3 is 2.41 bits per heavy atom. The summed E-state index contributed by atoms with van der Waals surface area (Å²) in [4.78, 5) is 32.4. The maximum absolute atomic E-state index is 14.1. The zero-order valence-electron chi connectivity index (χ0n) is 25.8. The van der Waals surface area contributed by atoms with Crippen LogP contribution < -0.4 is 33.8 Å². The lowest BCUT2D eigenvalue weighted by molar-refractivity contribution is -0.139. The lowest BCUT2D eigenvalue weighted by Crippen LogP contribution is -2.40. The fourth-order valence-corrected chi connectivity index (χ4v) is 6.70. The molecular formula is C34H30BrN3O7S. The van der Waals surface area contributed by atoms with E-state index in [1.54, 1.807) is 56.3 Å². The van der Waals surface area contributed by atoms with Gasteiger partial charge in [0.2, 0.25) is 0 Å². The van der Waals surface area contributed by atoms with Gasteiger partial charge in [-0.15, -0.1) is 0 Å². The molecule has 0 radical (unpaired) electrons. The van der Waals surface area contributed by atoms with E-state index in [1.165, 1.54) is 37.2 Å². The highest BCUT2D eigenvalue weighted by molar-refractivity contribution is 9.10. The molecule has 0 unspecified atom stereocenters. The minimum absolute atomic E-state index is 0.169. The maximum atomic E-state index is 14.1. The summed E-state index contributed by atoms with van der Waals surface area (Å²) in [6.45, 7) is 3.89. The van der Waals surface area contributed by atoms with Crippen LogP contribution in [0.4, 0.5) is 0 Å². The van der Waals surface area contributed by atoms with Crippen LogP contribution in [0, 0.1) is 11.3 Å². The number of carbonyl (C=O) groups is 1. The quantitative estimate of drug-likeness (QED) is 0.211. The Morgan fingerprint density at radius 1 is 1.04 bits per heavy atom. The number of benzene rings is 3. The third-order valence-corrected chi connectivity index (χ3v) is 8.83. The molecule has 12 heteroatoms. The molecule has 0 saturated heterocycles. The first-order valence-electron chi connectivity index (χ1n) is 14.1. The number of hydrogen-bond donors (Lipinski definition) is 0. The van der Waals surface area contributed by atoms with E-state index in [4.69, 9.17) is 28.9 Å².